The third-order valence-electron chi connectivity index (χ3n) is 1.23. The molecule has 0 aliphatic carbocycles. The summed E-state index contributed by atoms with van der Waals surface area (Å²) in [6, 6.07) is 9.14. The fourth-order valence-corrected chi connectivity index (χ4v) is 1.04. The molecular formula is C8H11NO2S. The van der Waals surface area contributed by atoms with Gasteiger partial charge in [0.15, 0.2) is 0 Å². The Morgan fingerprint density at radius 2 is 1.92 bits per heavy atom. The van der Waals surface area contributed by atoms with Crippen LogP contribution in [0.3, 0.4) is 0 Å². The minimum Gasteiger partial charge on any atom is -0.412 e. The third-order valence-corrected chi connectivity index (χ3v) is 1.62. The van der Waals surface area contributed by atoms with Crippen molar-refractivity contribution in [1.29, 1.82) is 0 Å². The number of carbonyl (C=O) groups is 1. The first-order valence-electron chi connectivity index (χ1n) is 3.23. The second-order valence-corrected chi connectivity index (χ2v) is 2.61. The number of amides is 1. The summed E-state index contributed by atoms with van der Waals surface area (Å²) in [6.45, 7) is 0. The SMILES string of the molecule is CSNC(=O)c1ccccc1.O. The lowest BCUT2D eigenvalue weighted by atomic mass is 10.2. The van der Waals surface area contributed by atoms with Crippen LogP contribution in [0.2, 0.25) is 0 Å². The Morgan fingerprint density at radius 1 is 1.33 bits per heavy atom. The summed E-state index contributed by atoms with van der Waals surface area (Å²) < 4.78 is 2.64. The standard InChI is InChI=1S/C8H9NOS.H2O/c1-11-9-8(10)7-5-3-2-4-6-7;/h2-6H,1H3,(H,9,10);1H2. The highest BCUT2D eigenvalue weighted by atomic mass is 32.2. The van der Waals surface area contributed by atoms with E-state index in [9.17, 15) is 4.79 Å². The van der Waals surface area contributed by atoms with Crippen molar-refractivity contribution in [2.75, 3.05) is 6.26 Å². The zero-order valence-electron chi connectivity index (χ0n) is 6.70. The Morgan fingerprint density at radius 3 is 2.42 bits per heavy atom. The molecule has 12 heavy (non-hydrogen) atoms. The maximum absolute atomic E-state index is 11.1. The van der Waals surface area contributed by atoms with Gasteiger partial charge in [0, 0.05) is 11.8 Å². The predicted molar refractivity (Wildman–Crippen MR) is 51.0 cm³/mol. The van der Waals surface area contributed by atoms with Gasteiger partial charge in [0.2, 0.25) is 0 Å². The first-order chi connectivity index (χ1) is 5.34. The minimum atomic E-state index is -0.0434. The molecule has 1 aromatic carbocycles. The fourth-order valence-electron chi connectivity index (χ4n) is 0.741. The van der Waals surface area contributed by atoms with Gasteiger partial charge in [-0.15, -0.1) is 0 Å². The number of nitrogens with one attached hydrogen (secondary N) is 1. The molecule has 0 radical (unpaired) electrons. The first-order valence-corrected chi connectivity index (χ1v) is 4.45. The molecule has 3 nitrogen and oxygen atoms in total. The van der Waals surface area contributed by atoms with Gasteiger partial charge in [-0.05, 0) is 12.1 Å². The van der Waals surface area contributed by atoms with Crippen LogP contribution in [-0.4, -0.2) is 17.6 Å². The van der Waals surface area contributed by atoms with Crippen LogP contribution in [0.4, 0.5) is 0 Å². The predicted octanol–water partition coefficient (Wildman–Crippen LogP) is 0.870. The van der Waals surface area contributed by atoms with E-state index in [0.717, 1.165) is 0 Å². The quantitative estimate of drug-likeness (QED) is 0.695. The van der Waals surface area contributed by atoms with Crippen molar-refractivity contribution in [3.63, 3.8) is 0 Å². The van der Waals surface area contributed by atoms with Crippen LogP contribution in [-0.2, 0) is 0 Å². The topological polar surface area (TPSA) is 60.6 Å². The highest BCUT2D eigenvalue weighted by molar-refractivity contribution is 7.97. The number of hydrogen-bond acceptors (Lipinski definition) is 2. The van der Waals surface area contributed by atoms with E-state index < -0.39 is 0 Å². The second-order valence-electron chi connectivity index (χ2n) is 2.00. The molecule has 3 N–H and O–H groups in total. The number of rotatable bonds is 2. The zero-order chi connectivity index (χ0) is 8.10. The Hall–Kier alpha value is -1.00. The normalized spacial score (nSPS) is 8.42. The molecule has 0 fully saturated rings. The maximum Gasteiger partial charge on any atom is 0.261 e. The van der Waals surface area contributed by atoms with Crippen LogP contribution < -0.4 is 4.72 Å². The van der Waals surface area contributed by atoms with Gasteiger partial charge in [-0.2, -0.15) is 0 Å². The van der Waals surface area contributed by atoms with Gasteiger partial charge in [-0.1, -0.05) is 30.1 Å². The number of hydrogen-bond donors (Lipinski definition) is 1. The van der Waals surface area contributed by atoms with Crippen molar-refractivity contribution in [2.24, 2.45) is 0 Å². The molecule has 0 saturated heterocycles. The summed E-state index contributed by atoms with van der Waals surface area (Å²) in [7, 11) is 0. The highest BCUT2D eigenvalue weighted by Crippen LogP contribution is 1.99. The average molecular weight is 185 g/mol. The minimum absolute atomic E-state index is 0. The third kappa shape index (κ3) is 2.94. The lowest BCUT2D eigenvalue weighted by molar-refractivity contribution is 0.0984. The van der Waals surface area contributed by atoms with Gasteiger partial charge >= 0.3 is 0 Å². The van der Waals surface area contributed by atoms with E-state index in [4.69, 9.17) is 0 Å². The molecule has 0 aliphatic rings. The van der Waals surface area contributed by atoms with Crippen molar-refractivity contribution in [3.05, 3.63) is 35.9 Å². The zero-order valence-corrected chi connectivity index (χ0v) is 7.52. The van der Waals surface area contributed by atoms with Crippen LogP contribution in [0, 0.1) is 0 Å². The van der Waals surface area contributed by atoms with Gasteiger partial charge in [0.05, 0.1) is 0 Å². The molecule has 0 unspecified atom stereocenters. The average Bonchev–Trinajstić information content (AvgIpc) is 2.07. The van der Waals surface area contributed by atoms with Gasteiger partial charge in [0.1, 0.15) is 0 Å². The van der Waals surface area contributed by atoms with E-state index in [2.05, 4.69) is 4.72 Å². The first kappa shape index (κ1) is 11.0. The van der Waals surface area contributed by atoms with Crippen LogP contribution in [0.5, 0.6) is 0 Å². The van der Waals surface area contributed by atoms with Gasteiger partial charge in [0.25, 0.3) is 5.91 Å². The molecule has 0 spiro atoms. The molecule has 0 saturated carbocycles. The highest BCUT2D eigenvalue weighted by Gasteiger charge is 2.00. The van der Waals surface area contributed by atoms with Crippen LogP contribution in [0.1, 0.15) is 10.4 Å². The lowest BCUT2D eigenvalue weighted by Crippen LogP contribution is -2.14. The van der Waals surface area contributed by atoms with E-state index in [-0.39, 0.29) is 11.4 Å². The van der Waals surface area contributed by atoms with E-state index in [0.29, 0.717) is 5.56 Å². The van der Waals surface area contributed by atoms with Gasteiger partial charge in [-0.3, -0.25) is 9.52 Å². The van der Waals surface area contributed by atoms with E-state index in [1.54, 1.807) is 12.1 Å². The molecule has 0 aromatic heterocycles. The second kappa shape index (κ2) is 5.62. The van der Waals surface area contributed by atoms with Gasteiger partial charge in [-0.25, -0.2) is 0 Å². The summed E-state index contributed by atoms with van der Waals surface area (Å²) in [5.41, 5.74) is 0.696. The summed E-state index contributed by atoms with van der Waals surface area (Å²) in [4.78, 5) is 11.1. The van der Waals surface area contributed by atoms with E-state index >= 15 is 0 Å². The lowest BCUT2D eigenvalue weighted by Gasteiger charge is -1.98. The van der Waals surface area contributed by atoms with Crippen LogP contribution in [0.15, 0.2) is 30.3 Å². The molecule has 0 heterocycles. The Bertz CT molecular complexity index is 238. The summed E-state index contributed by atoms with van der Waals surface area (Å²) in [5.74, 6) is -0.0434. The number of carbonyl (C=O) groups excluding carboxylic acids is 1. The summed E-state index contributed by atoms with van der Waals surface area (Å²) in [6.07, 6.45) is 1.82. The Labute approximate surface area is 75.6 Å². The summed E-state index contributed by atoms with van der Waals surface area (Å²) in [5, 5.41) is 0. The van der Waals surface area contributed by atoms with E-state index in [1.807, 2.05) is 24.5 Å². The monoisotopic (exact) mass is 185 g/mol. The number of benzene rings is 1. The van der Waals surface area contributed by atoms with Crippen LogP contribution >= 0.6 is 11.9 Å². The van der Waals surface area contributed by atoms with Crippen molar-refractivity contribution in [1.82, 2.24) is 4.72 Å². The van der Waals surface area contributed by atoms with E-state index in [1.165, 1.54) is 11.9 Å². The molecule has 0 atom stereocenters. The van der Waals surface area contributed by atoms with Crippen molar-refractivity contribution >= 4 is 17.9 Å². The smallest absolute Gasteiger partial charge is 0.261 e. The molecule has 1 amide bonds. The van der Waals surface area contributed by atoms with Gasteiger partial charge < -0.3 is 5.48 Å². The molecule has 4 heteroatoms. The largest absolute Gasteiger partial charge is 0.412 e. The fraction of sp³-hybridized carbons (Fsp3) is 0.125. The Balaban J connectivity index is 0.00000121. The Kier molecular flexibility index (Phi) is 5.16. The van der Waals surface area contributed by atoms with Crippen LogP contribution in [0.25, 0.3) is 0 Å². The van der Waals surface area contributed by atoms with Crippen molar-refractivity contribution in [3.8, 4) is 0 Å². The molecule has 0 aliphatic heterocycles. The molecule has 0 bridgehead atoms. The molecule has 1 aromatic rings. The summed E-state index contributed by atoms with van der Waals surface area (Å²) >= 11 is 1.31. The molecule has 1 rings (SSSR count). The van der Waals surface area contributed by atoms with Crippen molar-refractivity contribution in [2.45, 2.75) is 0 Å². The molecule has 66 valence electrons. The maximum atomic E-state index is 11.1. The molecular weight excluding hydrogens is 174 g/mol. The van der Waals surface area contributed by atoms with Crippen molar-refractivity contribution < 1.29 is 10.3 Å².